The molecule has 4 N–H and O–H groups in total. The number of aliphatic hydroxyl groups is 1. The van der Waals surface area contributed by atoms with Crippen LogP contribution in [0, 0.1) is 0 Å². The Morgan fingerprint density at radius 2 is 2.14 bits per heavy atom. The maximum atomic E-state index is 12.2. The van der Waals surface area contributed by atoms with Gasteiger partial charge in [0.05, 0.1) is 11.2 Å². The average molecular weight is 296 g/mol. The van der Waals surface area contributed by atoms with Crippen molar-refractivity contribution >= 4 is 11.6 Å². The van der Waals surface area contributed by atoms with E-state index in [2.05, 4.69) is 5.32 Å². The summed E-state index contributed by atoms with van der Waals surface area (Å²) in [6.07, 6.45) is 0.417. The lowest BCUT2D eigenvalue weighted by Gasteiger charge is -2.23. The van der Waals surface area contributed by atoms with Gasteiger partial charge in [-0.15, -0.1) is 0 Å². The Morgan fingerprint density at radius 3 is 2.81 bits per heavy atom. The van der Waals surface area contributed by atoms with E-state index in [4.69, 9.17) is 19.9 Å². The number of nitrogen functional groups attached to an aromatic ring is 1. The van der Waals surface area contributed by atoms with E-state index >= 15 is 0 Å². The van der Waals surface area contributed by atoms with Gasteiger partial charge in [-0.25, -0.2) is 0 Å². The van der Waals surface area contributed by atoms with Crippen LogP contribution in [-0.4, -0.2) is 43.7 Å². The van der Waals surface area contributed by atoms with Gasteiger partial charge in [-0.2, -0.15) is 0 Å². The Morgan fingerprint density at radius 1 is 1.48 bits per heavy atom. The summed E-state index contributed by atoms with van der Waals surface area (Å²) in [6.45, 7) is 2.26. The Hall–Kier alpha value is -1.99. The number of hydrogen-bond donors (Lipinski definition) is 3. The maximum Gasteiger partial charge on any atom is 0.253 e. The summed E-state index contributed by atoms with van der Waals surface area (Å²) in [5.41, 5.74) is 5.38. The summed E-state index contributed by atoms with van der Waals surface area (Å²) in [5.74, 6) is 0.639. The molecule has 0 fully saturated rings. The molecule has 1 amide bonds. The molecule has 1 aromatic rings. The first kappa shape index (κ1) is 15.4. The van der Waals surface area contributed by atoms with Gasteiger partial charge in [0.25, 0.3) is 5.91 Å². The van der Waals surface area contributed by atoms with Crippen molar-refractivity contribution in [1.29, 1.82) is 0 Å². The number of anilines is 1. The van der Waals surface area contributed by atoms with Crippen LogP contribution in [0.1, 0.15) is 23.7 Å². The van der Waals surface area contributed by atoms with Gasteiger partial charge in [0, 0.05) is 38.4 Å². The SMILES string of the molecule is COCCC(C)(O)CNC(=O)c1cc2c(cc1N)OCO2. The first-order valence-corrected chi connectivity index (χ1v) is 6.61. The van der Waals surface area contributed by atoms with Crippen LogP contribution in [-0.2, 0) is 4.74 Å². The van der Waals surface area contributed by atoms with E-state index < -0.39 is 5.60 Å². The molecule has 1 aliphatic rings. The maximum absolute atomic E-state index is 12.2. The van der Waals surface area contributed by atoms with E-state index in [1.807, 2.05) is 0 Å². The zero-order chi connectivity index (χ0) is 15.5. The summed E-state index contributed by atoms with van der Waals surface area (Å²) in [6, 6.07) is 3.09. The van der Waals surface area contributed by atoms with E-state index in [1.54, 1.807) is 20.1 Å². The normalized spacial score (nSPS) is 15.6. The van der Waals surface area contributed by atoms with Crippen LogP contribution in [0.5, 0.6) is 11.5 Å². The lowest BCUT2D eigenvalue weighted by atomic mass is 10.0. The molecule has 1 unspecified atom stereocenters. The van der Waals surface area contributed by atoms with Gasteiger partial charge in [0.1, 0.15) is 0 Å². The molecule has 0 radical (unpaired) electrons. The monoisotopic (exact) mass is 296 g/mol. The summed E-state index contributed by atoms with van der Waals surface area (Å²) >= 11 is 0. The van der Waals surface area contributed by atoms with Crippen molar-refractivity contribution in [2.45, 2.75) is 18.9 Å². The summed E-state index contributed by atoms with van der Waals surface area (Å²) < 4.78 is 15.3. The number of carbonyl (C=O) groups is 1. The van der Waals surface area contributed by atoms with Crippen LogP contribution in [0.15, 0.2) is 12.1 Å². The molecule has 1 atom stereocenters. The minimum absolute atomic E-state index is 0.100. The van der Waals surface area contributed by atoms with Crippen molar-refractivity contribution in [2.75, 3.05) is 32.8 Å². The molecule has 0 saturated heterocycles. The number of carbonyl (C=O) groups excluding carboxylic acids is 1. The molecular weight excluding hydrogens is 276 g/mol. The minimum atomic E-state index is -1.04. The van der Waals surface area contributed by atoms with Crippen molar-refractivity contribution in [2.24, 2.45) is 0 Å². The second kappa shape index (κ2) is 6.19. The first-order chi connectivity index (χ1) is 9.93. The van der Waals surface area contributed by atoms with E-state index in [9.17, 15) is 9.90 Å². The third kappa shape index (κ3) is 3.77. The molecule has 116 valence electrons. The number of hydrogen-bond acceptors (Lipinski definition) is 6. The number of fused-ring (bicyclic) bond motifs is 1. The van der Waals surface area contributed by atoms with Crippen molar-refractivity contribution in [3.05, 3.63) is 17.7 Å². The highest BCUT2D eigenvalue weighted by Crippen LogP contribution is 2.35. The highest BCUT2D eigenvalue weighted by atomic mass is 16.7. The fourth-order valence-corrected chi connectivity index (χ4v) is 1.93. The fraction of sp³-hybridized carbons (Fsp3) is 0.500. The Bertz CT molecular complexity index is 530. The predicted octanol–water partition coefficient (Wildman–Crippen LogP) is 0.515. The van der Waals surface area contributed by atoms with Gasteiger partial charge < -0.3 is 30.4 Å². The van der Waals surface area contributed by atoms with Crippen molar-refractivity contribution < 1.29 is 24.1 Å². The summed E-state index contributed by atoms with van der Waals surface area (Å²) in [4.78, 5) is 12.2. The number of amides is 1. The molecule has 21 heavy (non-hydrogen) atoms. The molecule has 2 rings (SSSR count). The molecule has 1 aliphatic heterocycles. The zero-order valence-electron chi connectivity index (χ0n) is 12.1. The van der Waals surface area contributed by atoms with Gasteiger partial charge >= 0.3 is 0 Å². The van der Waals surface area contributed by atoms with Crippen LogP contribution in [0.3, 0.4) is 0 Å². The molecule has 0 bridgehead atoms. The number of benzene rings is 1. The highest BCUT2D eigenvalue weighted by molar-refractivity contribution is 6.00. The van der Waals surface area contributed by atoms with Crippen molar-refractivity contribution in [3.8, 4) is 11.5 Å². The van der Waals surface area contributed by atoms with Crippen molar-refractivity contribution in [3.63, 3.8) is 0 Å². The molecule has 7 heteroatoms. The summed E-state index contributed by atoms with van der Waals surface area (Å²) in [5, 5.41) is 12.8. The first-order valence-electron chi connectivity index (χ1n) is 6.61. The lowest BCUT2D eigenvalue weighted by molar-refractivity contribution is 0.0244. The second-order valence-electron chi connectivity index (χ2n) is 5.22. The molecule has 0 saturated carbocycles. The number of nitrogens with one attached hydrogen (secondary N) is 1. The van der Waals surface area contributed by atoms with Crippen LogP contribution < -0.4 is 20.5 Å². The summed E-state index contributed by atoms with van der Waals surface area (Å²) in [7, 11) is 1.56. The molecule has 7 nitrogen and oxygen atoms in total. The lowest BCUT2D eigenvalue weighted by Crippen LogP contribution is -2.41. The van der Waals surface area contributed by atoms with E-state index in [1.165, 1.54) is 6.07 Å². The van der Waals surface area contributed by atoms with Crippen LogP contribution in [0.25, 0.3) is 0 Å². The van der Waals surface area contributed by atoms with Crippen LogP contribution >= 0.6 is 0 Å². The van der Waals surface area contributed by atoms with E-state index in [0.29, 0.717) is 35.8 Å². The molecule has 1 aromatic carbocycles. The number of ether oxygens (including phenoxy) is 3. The number of nitrogens with two attached hydrogens (primary N) is 1. The molecule has 0 aromatic heterocycles. The fourth-order valence-electron chi connectivity index (χ4n) is 1.93. The van der Waals surface area contributed by atoms with Crippen molar-refractivity contribution in [1.82, 2.24) is 5.32 Å². The smallest absolute Gasteiger partial charge is 0.253 e. The molecule has 0 aliphatic carbocycles. The Kier molecular flexibility index (Phi) is 4.54. The third-order valence-electron chi connectivity index (χ3n) is 3.26. The quantitative estimate of drug-likeness (QED) is 0.661. The Balaban J connectivity index is 2.01. The molecule has 1 heterocycles. The van der Waals surface area contributed by atoms with Gasteiger partial charge in [-0.3, -0.25) is 4.79 Å². The van der Waals surface area contributed by atoms with Crippen LogP contribution in [0.2, 0.25) is 0 Å². The topological polar surface area (TPSA) is 103 Å². The van der Waals surface area contributed by atoms with Gasteiger partial charge in [-0.05, 0) is 13.0 Å². The van der Waals surface area contributed by atoms with Gasteiger partial charge in [0.15, 0.2) is 11.5 Å². The minimum Gasteiger partial charge on any atom is -0.454 e. The zero-order valence-corrected chi connectivity index (χ0v) is 12.1. The number of methoxy groups -OCH3 is 1. The van der Waals surface area contributed by atoms with E-state index in [-0.39, 0.29) is 19.2 Å². The van der Waals surface area contributed by atoms with E-state index in [0.717, 1.165) is 0 Å². The molecular formula is C14H20N2O5. The van der Waals surface area contributed by atoms with Crippen LogP contribution in [0.4, 0.5) is 5.69 Å². The second-order valence-corrected chi connectivity index (χ2v) is 5.22. The average Bonchev–Trinajstić information content (AvgIpc) is 2.89. The number of rotatable bonds is 6. The largest absolute Gasteiger partial charge is 0.454 e. The highest BCUT2D eigenvalue weighted by Gasteiger charge is 2.23. The Labute approximate surface area is 123 Å². The predicted molar refractivity (Wildman–Crippen MR) is 76.4 cm³/mol. The molecule has 0 spiro atoms. The van der Waals surface area contributed by atoms with Gasteiger partial charge in [-0.1, -0.05) is 0 Å². The van der Waals surface area contributed by atoms with Gasteiger partial charge in [0.2, 0.25) is 6.79 Å². The third-order valence-corrected chi connectivity index (χ3v) is 3.26. The standard InChI is InChI=1S/C14H20N2O5/c1-14(18,3-4-19-2)7-16-13(17)9-5-11-12(6-10(9)15)21-8-20-11/h5-6,18H,3-4,7-8,15H2,1-2H3,(H,16,17).